The van der Waals surface area contributed by atoms with Crippen molar-refractivity contribution in [2.24, 2.45) is 0 Å². The van der Waals surface area contributed by atoms with Crippen LogP contribution in [0.5, 0.6) is 11.5 Å². The Morgan fingerprint density at radius 1 is 0.758 bits per heavy atom. The van der Waals surface area contributed by atoms with Gasteiger partial charge in [-0.15, -0.1) is 0 Å². The van der Waals surface area contributed by atoms with Crippen molar-refractivity contribution in [3.63, 3.8) is 0 Å². The van der Waals surface area contributed by atoms with Gasteiger partial charge in [-0.05, 0) is 54.6 Å². The average Bonchev–Trinajstić information content (AvgIpc) is 2.81. The van der Waals surface area contributed by atoms with Crippen molar-refractivity contribution in [1.29, 1.82) is 0 Å². The number of rotatable bonds is 9. The number of nitrogens with one attached hydrogen (secondary N) is 2. The SMILES string of the molecule is O=C(CCC(=O)OCC(=O)Nc1cc(Cl)ccc1Cl)Nc1ccc(Oc2ccccc2)cc1. The lowest BCUT2D eigenvalue weighted by Gasteiger charge is -2.09. The molecule has 0 aliphatic heterocycles. The standard InChI is InChI=1S/C24H20Cl2N2O5/c25-16-6-11-20(26)21(14-16)28-23(30)15-32-24(31)13-12-22(29)27-17-7-9-19(10-8-17)33-18-4-2-1-3-5-18/h1-11,14H,12-13,15H2,(H,27,29)(H,28,30). The van der Waals surface area contributed by atoms with Crippen LogP contribution in [0.2, 0.25) is 10.0 Å². The molecule has 170 valence electrons. The van der Waals surface area contributed by atoms with E-state index in [-0.39, 0.29) is 18.7 Å². The summed E-state index contributed by atoms with van der Waals surface area (Å²) in [6.07, 6.45) is -0.269. The highest BCUT2D eigenvalue weighted by Gasteiger charge is 2.12. The molecule has 0 bridgehead atoms. The Labute approximate surface area is 200 Å². The van der Waals surface area contributed by atoms with Crippen molar-refractivity contribution in [1.82, 2.24) is 0 Å². The summed E-state index contributed by atoms with van der Waals surface area (Å²) in [4.78, 5) is 35.9. The first-order chi connectivity index (χ1) is 15.9. The number of para-hydroxylation sites is 1. The van der Waals surface area contributed by atoms with Crippen LogP contribution in [0.3, 0.4) is 0 Å². The van der Waals surface area contributed by atoms with E-state index in [0.717, 1.165) is 0 Å². The number of carbonyl (C=O) groups excluding carboxylic acids is 3. The zero-order valence-corrected chi connectivity index (χ0v) is 18.9. The van der Waals surface area contributed by atoms with E-state index in [4.69, 9.17) is 32.7 Å². The number of carbonyl (C=O) groups is 3. The summed E-state index contributed by atoms with van der Waals surface area (Å²) >= 11 is 11.8. The van der Waals surface area contributed by atoms with Crippen LogP contribution in [-0.2, 0) is 19.1 Å². The number of hydrogen-bond donors (Lipinski definition) is 2. The molecule has 0 radical (unpaired) electrons. The van der Waals surface area contributed by atoms with Gasteiger partial charge in [0.25, 0.3) is 5.91 Å². The number of amides is 2. The second kappa shape index (κ2) is 11.9. The first-order valence-electron chi connectivity index (χ1n) is 9.92. The van der Waals surface area contributed by atoms with Crippen molar-refractivity contribution >= 4 is 52.4 Å². The van der Waals surface area contributed by atoms with Gasteiger partial charge in [0.1, 0.15) is 11.5 Å². The van der Waals surface area contributed by atoms with E-state index < -0.39 is 18.5 Å². The highest BCUT2D eigenvalue weighted by atomic mass is 35.5. The molecule has 0 aliphatic carbocycles. The Balaban J connectivity index is 1.37. The van der Waals surface area contributed by atoms with Gasteiger partial charge in [0, 0.05) is 17.1 Å². The Kier molecular flexibility index (Phi) is 8.69. The normalized spacial score (nSPS) is 10.2. The molecule has 0 heterocycles. The van der Waals surface area contributed by atoms with Gasteiger partial charge in [-0.1, -0.05) is 41.4 Å². The third kappa shape index (κ3) is 8.14. The monoisotopic (exact) mass is 486 g/mol. The summed E-state index contributed by atoms with van der Waals surface area (Å²) in [6.45, 7) is -0.508. The molecule has 0 saturated carbocycles. The lowest BCUT2D eigenvalue weighted by molar-refractivity contribution is -0.147. The quantitative estimate of drug-likeness (QED) is 0.379. The van der Waals surface area contributed by atoms with Crippen LogP contribution >= 0.6 is 23.2 Å². The molecule has 0 aliphatic rings. The minimum atomic E-state index is -0.677. The van der Waals surface area contributed by atoms with Crippen molar-refractivity contribution in [3.8, 4) is 11.5 Å². The number of halogens is 2. The molecule has 0 fully saturated rings. The van der Waals surface area contributed by atoms with Crippen LogP contribution in [0.25, 0.3) is 0 Å². The van der Waals surface area contributed by atoms with Gasteiger partial charge in [0.2, 0.25) is 5.91 Å². The van der Waals surface area contributed by atoms with Crippen LogP contribution in [0, 0.1) is 0 Å². The fourth-order valence-electron chi connectivity index (χ4n) is 2.67. The summed E-state index contributed by atoms with van der Waals surface area (Å²) in [7, 11) is 0. The Bertz CT molecular complexity index is 1120. The smallest absolute Gasteiger partial charge is 0.306 e. The Hall–Kier alpha value is -3.55. The summed E-state index contributed by atoms with van der Waals surface area (Å²) in [5, 5.41) is 5.89. The molecule has 0 saturated heterocycles. The van der Waals surface area contributed by atoms with Crippen molar-refractivity contribution in [2.75, 3.05) is 17.2 Å². The molecule has 33 heavy (non-hydrogen) atoms. The molecule has 3 rings (SSSR count). The molecule has 3 aromatic rings. The third-order valence-electron chi connectivity index (χ3n) is 4.24. The molecular formula is C24H20Cl2N2O5. The highest BCUT2D eigenvalue weighted by molar-refractivity contribution is 6.35. The molecule has 0 unspecified atom stereocenters. The fourth-order valence-corrected chi connectivity index (χ4v) is 3.00. The number of benzene rings is 3. The van der Waals surface area contributed by atoms with Crippen LogP contribution in [0.1, 0.15) is 12.8 Å². The topological polar surface area (TPSA) is 93.7 Å². The fraction of sp³-hybridized carbons (Fsp3) is 0.125. The molecule has 3 aromatic carbocycles. The van der Waals surface area contributed by atoms with E-state index in [9.17, 15) is 14.4 Å². The third-order valence-corrected chi connectivity index (χ3v) is 4.80. The minimum Gasteiger partial charge on any atom is -0.457 e. The summed E-state index contributed by atoms with van der Waals surface area (Å²) in [5.74, 6) is -0.282. The maximum Gasteiger partial charge on any atom is 0.306 e. The predicted molar refractivity (Wildman–Crippen MR) is 127 cm³/mol. The average molecular weight is 487 g/mol. The second-order valence-electron chi connectivity index (χ2n) is 6.82. The van der Waals surface area contributed by atoms with Crippen LogP contribution in [0.4, 0.5) is 11.4 Å². The van der Waals surface area contributed by atoms with E-state index in [0.29, 0.717) is 32.9 Å². The number of esters is 1. The lowest BCUT2D eigenvalue weighted by atomic mass is 10.2. The number of hydrogen-bond acceptors (Lipinski definition) is 5. The second-order valence-corrected chi connectivity index (χ2v) is 7.66. The molecule has 0 aromatic heterocycles. The van der Waals surface area contributed by atoms with Gasteiger partial charge in [0.15, 0.2) is 6.61 Å². The molecular weight excluding hydrogens is 467 g/mol. The van der Waals surface area contributed by atoms with Gasteiger partial charge in [-0.2, -0.15) is 0 Å². The zero-order valence-electron chi connectivity index (χ0n) is 17.3. The number of ether oxygens (including phenoxy) is 2. The van der Waals surface area contributed by atoms with Gasteiger partial charge >= 0.3 is 5.97 Å². The van der Waals surface area contributed by atoms with Crippen LogP contribution < -0.4 is 15.4 Å². The van der Waals surface area contributed by atoms with E-state index in [1.54, 1.807) is 30.3 Å². The van der Waals surface area contributed by atoms with Gasteiger partial charge in [-0.3, -0.25) is 14.4 Å². The van der Waals surface area contributed by atoms with Gasteiger partial charge < -0.3 is 20.1 Å². The largest absolute Gasteiger partial charge is 0.457 e. The molecule has 9 heteroatoms. The van der Waals surface area contributed by atoms with Gasteiger partial charge in [-0.25, -0.2) is 0 Å². The summed E-state index contributed by atoms with van der Waals surface area (Å²) in [5.41, 5.74) is 0.872. The molecule has 0 atom stereocenters. The first kappa shape index (κ1) is 24.1. The van der Waals surface area contributed by atoms with Crippen molar-refractivity contribution < 1.29 is 23.9 Å². The van der Waals surface area contributed by atoms with E-state index >= 15 is 0 Å². The number of anilines is 2. The summed E-state index contributed by atoms with van der Waals surface area (Å²) in [6, 6.07) is 20.7. The van der Waals surface area contributed by atoms with E-state index in [2.05, 4.69) is 10.6 Å². The van der Waals surface area contributed by atoms with Crippen molar-refractivity contribution in [3.05, 3.63) is 82.8 Å². The highest BCUT2D eigenvalue weighted by Crippen LogP contribution is 2.25. The van der Waals surface area contributed by atoms with E-state index in [1.807, 2.05) is 30.3 Å². The molecule has 7 nitrogen and oxygen atoms in total. The Morgan fingerprint density at radius 3 is 2.18 bits per heavy atom. The molecule has 0 spiro atoms. The minimum absolute atomic E-state index is 0.0944. The predicted octanol–water partition coefficient (Wildman–Crippen LogP) is 5.69. The zero-order chi connectivity index (χ0) is 23.6. The molecule has 2 N–H and O–H groups in total. The first-order valence-corrected chi connectivity index (χ1v) is 10.7. The van der Waals surface area contributed by atoms with Crippen molar-refractivity contribution in [2.45, 2.75) is 12.8 Å². The Morgan fingerprint density at radius 2 is 1.45 bits per heavy atom. The van der Waals surface area contributed by atoms with Crippen LogP contribution in [-0.4, -0.2) is 24.4 Å². The molecule has 2 amide bonds. The maximum absolute atomic E-state index is 12.1. The lowest BCUT2D eigenvalue weighted by Crippen LogP contribution is -2.22. The van der Waals surface area contributed by atoms with Crippen LogP contribution in [0.15, 0.2) is 72.8 Å². The van der Waals surface area contributed by atoms with E-state index in [1.165, 1.54) is 12.1 Å². The summed E-state index contributed by atoms with van der Waals surface area (Å²) < 4.78 is 10.6. The van der Waals surface area contributed by atoms with Gasteiger partial charge in [0.05, 0.1) is 17.1 Å². The maximum atomic E-state index is 12.1.